The number of aromatic nitrogens is 1. The van der Waals surface area contributed by atoms with Crippen LogP contribution in [0.3, 0.4) is 0 Å². The van der Waals surface area contributed by atoms with E-state index in [2.05, 4.69) is 33.8 Å². The fraction of sp³-hybridized carbons (Fsp3) is 0.700. The van der Waals surface area contributed by atoms with Gasteiger partial charge >= 0.3 is 0 Å². The molecule has 6 heteroatoms. The molecule has 6 nitrogen and oxygen atoms in total. The van der Waals surface area contributed by atoms with Crippen LogP contribution in [0, 0.1) is 5.41 Å². The SMILES string of the molecule is CN1CCN(C(=O)c2ccnc(N3CCC[C@]4(CCN(C)C4)C3)c2)CC1. The van der Waals surface area contributed by atoms with Gasteiger partial charge in [0.05, 0.1) is 0 Å². The van der Waals surface area contributed by atoms with Crippen molar-refractivity contribution < 1.29 is 4.79 Å². The van der Waals surface area contributed by atoms with Crippen LogP contribution < -0.4 is 4.90 Å². The Bertz CT molecular complexity index is 653. The van der Waals surface area contributed by atoms with Crippen molar-refractivity contribution in [1.82, 2.24) is 19.7 Å². The Morgan fingerprint density at radius 3 is 2.54 bits per heavy atom. The number of piperidine rings is 1. The fourth-order valence-electron chi connectivity index (χ4n) is 4.81. The van der Waals surface area contributed by atoms with Gasteiger partial charge in [-0.15, -0.1) is 0 Å². The standard InChI is InChI=1S/C20H31N5O/c1-22-10-12-24(13-11-22)19(26)17-4-7-21-18(14-17)25-8-3-5-20(16-25)6-9-23(2)15-20/h4,7,14H,3,5-6,8-13,15-16H2,1-2H3/t20-/m1/s1. The van der Waals surface area contributed by atoms with Crippen LogP contribution in [0.1, 0.15) is 29.6 Å². The zero-order valence-corrected chi connectivity index (χ0v) is 16.2. The molecule has 26 heavy (non-hydrogen) atoms. The molecule has 1 aromatic heterocycles. The van der Waals surface area contributed by atoms with Crippen LogP contribution in [0.2, 0.25) is 0 Å². The lowest BCUT2D eigenvalue weighted by Gasteiger charge is -2.41. The lowest BCUT2D eigenvalue weighted by molar-refractivity contribution is 0.0664. The van der Waals surface area contributed by atoms with E-state index in [1.807, 2.05) is 17.0 Å². The molecule has 0 bridgehead atoms. The molecule has 1 atom stereocenters. The summed E-state index contributed by atoms with van der Waals surface area (Å²) in [7, 11) is 4.33. The largest absolute Gasteiger partial charge is 0.356 e. The molecule has 0 aromatic carbocycles. The van der Waals surface area contributed by atoms with Crippen molar-refractivity contribution in [2.75, 3.05) is 71.4 Å². The summed E-state index contributed by atoms with van der Waals surface area (Å²) in [6, 6.07) is 3.88. The van der Waals surface area contributed by atoms with E-state index in [1.54, 1.807) is 6.20 Å². The number of amides is 1. The molecule has 3 aliphatic heterocycles. The molecule has 0 unspecified atom stereocenters. The van der Waals surface area contributed by atoms with E-state index in [-0.39, 0.29) is 5.91 Å². The predicted octanol–water partition coefficient (Wildman–Crippen LogP) is 1.39. The van der Waals surface area contributed by atoms with Crippen LogP contribution in [0.4, 0.5) is 5.82 Å². The second kappa shape index (κ2) is 7.16. The molecule has 0 radical (unpaired) electrons. The summed E-state index contributed by atoms with van der Waals surface area (Å²) in [4.78, 5) is 26.6. The average Bonchev–Trinajstić information content (AvgIpc) is 3.01. The number of hydrogen-bond acceptors (Lipinski definition) is 5. The van der Waals surface area contributed by atoms with Crippen LogP contribution >= 0.6 is 0 Å². The third kappa shape index (κ3) is 3.58. The third-order valence-corrected chi connectivity index (χ3v) is 6.40. The van der Waals surface area contributed by atoms with Gasteiger partial charge in [-0.2, -0.15) is 0 Å². The van der Waals surface area contributed by atoms with Crippen molar-refractivity contribution in [2.24, 2.45) is 5.41 Å². The molecule has 0 saturated carbocycles. The minimum Gasteiger partial charge on any atom is -0.356 e. The lowest BCUT2D eigenvalue weighted by Crippen LogP contribution is -2.47. The van der Waals surface area contributed by atoms with E-state index in [0.29, 0.717) is 5.41 Å². The Kier molecular flexibility index (Phi) is 4.88. The number of carbonyl (C=O) groups excluding carboxylic acids is 1. The molecule has 3 saturated heterocycles. The normalized spacial score (nSPS) is 28.1. The van der Waals surface area contributed by atoms with Crippen LogP contribution in [-0.4, -0.2) is 92.0 Å². The molecule has 1 amide bonds. The molecular weight excluding hydrogens is 326 g/mol. The maximum Gasteiger partial charge on any atom is 0.254 e. The van der Waals surface area contributed by atoms with Gasteiger partial charge in [0.25, 0.3) is 5.91 Å². The summed E-state index contributed by atoms with van der Waals surface area (Å²) >= 11 is 0. The molecule has 3 aliphatic rings. The van der Waals surface area contributed by atoms with Gasteiger partial charge in [-0.25, -0.2) is 4.98 Å². The molecule has 0 N–H and O–H groups in total. The number of likely N-dealkylation sites (tertiary alicyclic amines) is 1. The highest BCUT2D eigenvalue weighted by Crippen LogP contribution is 2.39. The topological polar surface area (TPSA) is 42.9 Å². The van der Waals surface area contributed by atoms with Gasteiger partial charge < -0.3 is 19.6 Å². The summed E-state index contributed by atoms with van der Waals surface area (Å²) in [6.07, 6.45) is 5.61. The van der Waals surface area contributed by atoms with Crippen LogP contribution in [0.25, 0.3) is 0 Å². The van der Waals surface area contributed by atoms with Crippen molar-refractivity contribution >= 4 is 11.7 Å². The number of rotatable bonds is 2. The summed E-state index contributed by atoms with van der Waals surface area (Å²) in [5, 5.41) is 0. The Hall–Kier alpha value is -1.66. The molecule has 1 spiro atoms. The first-order valence-corrected chi connectivity index (χ1v) is 9.92. The summed E-state index contributed by atoms with van der Waals surface area (Å²) in [5.74, 6) is 1.12. The molecular formula is C20H31N5O. The highest BCUT2D eigenvalue weighted by Gasteiger charge is 2.40. The highest BCUT2D eigenvalue weighted by atomic mass is 16.2. The van der Waals surface area contributed by atoms with Crippen LogP contribution in [-0.2, 0) is 0 Å². The molecule has 142 valence electrons. The van der Waals surface area contributed by atoms with E-state index in [4.69, 9.17) is 0 Å². The highest BCUT2D eigenvalue weighted by molar-refractivity contribution is 5.95. The first-order valence-electron chi connectivity index (χ1n) is 9.92. The Morgan fingerprint density at radius 2 is 1.81 bits per heavy atom. The Morgan fingerprint density at radius 1 is 1.00 bits per heavy atom. The monoisotopic (exact) mass is 357 g/mol. The van der Waals surface area contributed by atoms with Gasteiger partial charge in [-0.1, -0.05) is 0 Å². The van der Waals surface area contributed by atoms with Gasteiger partial charge in [0.2, 0.25) is 0 Å². The minimum atomic E-state index is 0.147. The second-order valence-electron chi connectivity index (χ2n) is 8.51. The third-order valence-electron chi connectivity index (χ3n) is 6.40. The number of likely N-dealkylation sites (N-methyl/N-ethyl adjacent to an activating group) is 1. The van der Waals surface area contributed by atoms with E-state index in [9.17, 15) is 4.79 Å². The molecule has 4 heterocycles. The number of pyridine rings is 1. The predicted molar refractivity (Wildman–Crippen MR) is 104 cm³/mol. The first kappa shape index (κ1) is 17.7. The van der Waals surface area contributed by atoms with Gasteiger partial charge in [0, 0.05) is 63.0 Å². The smallest absolute Gasteiger partial charge is 0.254 e. The van der Waals surface area contributed by atoms with Crippen molar-refractivity contribution in [3.8, 4) is 0 Å². The number of piperazine rings is 1. The maximum atomic E-state index is 12.9. The van der Waals surface area contributed by atoms with Crippen LogP contribution in [0.5, 0.6) is 0 Å². The quantitative estimate of drug-likeness (QED) is 0.800. The summed E-state index contributed by atoms with van der Waals surface area (Å²) in [5.41, 5.74) is 1.19. The second-order valence-corrected chi connectivity index (χ2v) is 8.51. The zero-order valence-electron chi connectivity index (χ0n) is 16.2. The Labute approximate surface area is 156 Å². The lowest BCUT2D eigenvalue weighted by atomic mass is 9.79. The summed E-state index contributed by atoms with van der Waals surface area (Å²) in [6.45, 7) is 8.02. The number of hydrogen-bond donors (Lipinski definition) is 0. The van der Waals surface area contributed by atoms with Gasteiger partial charge in [0.15, 0.2) is 0 Å². The van der Waals surface area contributed by atoms with Gasteiger partial charge in [-0.05, 0) is 52.0 Å². The maximum absolute atomic E-state index is 12.9. The molecule has 0 aliphatic carbocycles. The Balaban J connectivity index is 1.48. The van der Waals surface area contributed by atoms with E-state index < -0.39 is 0 Å². The number of carbonyl (C=O) groups is 1. The molecule has 1 aromatic rings. The van der Waals surface area contributed by atoms with Crippen molar-refractivity contribution in [2.45, 2.75) is 19.3 Å². The number of anilines is 1. The van der Waals surface area contributed by atoms with E-state index in [1.165, 1.54) is 32.4 Å². The average molecular weight is 358 g/mol. The molecule has 3 fully saturated rings. The van der Waals surface area contributed by atoms with Crippen molar-refractivity contribution in [3.63, 3.8) is 0 Å². The van der Waals surface area contributed by atoms with E-state index in [0.717, 1.165) is 50.6 Å². The van der Waals surface area contributed by atoms with Crippen molar-refractivity contribution in [1.29, 1.82) is 0 Å². The fourth-order valence-corrected chi connectivity index (χ4v) is 4.81. The number of nitrogens with zero attached hydrogens (tertiary/aromatic N) is 5. The zero-order chi connectivity index (χ0) is 18.1. The van der Waals surface area contributed by atoms with Crippen molar-refractivity contribution in [3.05, 3.63) is 23.9 Å². The van der Waals surface area contributed by atoms with Gasteiger partial charge in [-0.3, -0.25) is 4.79 Å². The van der Waals surface area contributed by atoms with Crippen LogP contribution in [0.15, 0.2) is 18.3 Å². The van der Waals surface area contributed by atoms with Gasteiger partial charge in [0.1, 0.15) is 5.82 Å². The first-order chi connectivity index (χ1) is 12.5. The summed E-state index contributed by atoms with van der Waals surface area (Å²) < 4.78 is 0. The molecule has 4 rings (SSSR count). The van der Waals surface area contributed by atoms with E-state index >= 15 is 0 Å². The minimum absolute atomic E-state index is 0.147.